The van der Waals surface area contributed by atoms with Crippen molar-refractivity contribution in [3.63, 3.8) is 0 Å². The van der Waals surface area contributed by atoms with Gasteiger partial charge in [0.15, 0.2) is 0 Å². The number of nitro benzene ring substituents is 1. The maximum Gasteiger partial charge on any atom is 0.294 e. The molecule has 0 amide bonds. The van der Waals surface area contributed by atoms with Crippen molar-refractivity contribution in [1.29, 1.82) is 0 Å². The van der Waals surface area contributed by atoms with Crippen molar-refractivity contribution in [2.24, 2.45) is 0 Å². The Morgan fingerprint density at radius 1 is 1.12 bits per heavy atom. The van der Waals surface area contributed by atoms with E-state index >= 15 is 0 Å². The molecule has 2 aromatic carbocycles. The summed E-state index contributed by atoms with van der Waals surface area (Å²) in [7, 11) is -3.61. The first-order chi connectivity index (χ1) is 12.3. The van der Waals surface area contributed by atoms with Gasteiger partial charge in [0.05, 0.1) is 14.8 Å². The van der Waals surface area contributed by atoms with E-state index in [1.54, 1.807) is 48.2 Å². The second-order valence-electron chi connectivity index (χ2n) is 6.09. The summed E-state index contributed by atoms with van der Waals surface area (Å²) in [6.45, 7) is 2.65. The van der Waals surface area contributed by atoms with E-state index in [4.69, 9.17) is 11.6 Å². The molecule has 0 aromatic heterocycles. The fourth-order valence-electron chi connectivity index (χ4n) is 3.19. The van der Waals surface area contributed by atoms with Crippen molar-refractivity contribution in [2.75, 3.05) is 24.5 Å². The average molecular weight is 396 g/mol. The number of sulfonamides is 1. The summed E-state index contributed by atoms with van der Waals surface area (Å²) in [5, 5.41) is 11.6. The van der Waals surface area contributed by atoms with Crippen LogP contribution in [0.5, 0.6) is 0 Å². The fourth-order valence-corrected chi connectivity index (χ4v) is 5.12. The van der Waals surface area contributed by atoms with Crippen LogP contribution in [0.1, 0.15) is 6.92 Å². The lowest BCUT2D eigenvalue weighted by Gasteiger charge is -2.40. The largest absolute Gasteiger partial charge is 0.362 e. The zero-order valence-electron chi connectivity index (χ0n) is 14.1. The Morgan fingerprint density at radius 3 is 2.42 bits per heavy atom. The number of hydrogen-bond donors (Lipinski definition) is 0. The highest BCUT2D eigenvalue weighted by Crippen LogP contribution is 2.37. The molecule has 26 heavy (non-hydrogen) atoms. The van der Waals surface area contributed by atoms with E-state index in [9.17, 15) is 18.5 Å². The minimum Gasteiger partial charge on any atom is -0.362 e. The van der Waals surface area contributed by atoms with Crippen LogP contribution in [0.4, 0.5) is 11.4 Å². The molecule has 1 aliphatic heterocycles. The molecule has 3 rings (SSSR count). The molecule has 1 fully saturated rings. The number of nitro groups is 1. The minimum absolute atomic E-state index is 0.0796. The van der Waals surface area contributed by atoms with Crippen molar-refractivity contribution in [3.8, 4) is 0 Å². The first kappa shape index (κ1) is 18.6. The first-order valence-electron chi connectivity index (χ1n) is 8.07. The quantitative estimate of drug-likeness (QED) is 0.586. The second kappa shape index (κ2) is 7.22. The number of rotatable bonds is 4. The van der Waals surface area contributed by atoms with E-state index < -0.39 is 14.9 Å². The van der Waals surface area contributed by atoms with Gasteiger partial charge < -0.3 is 4.90 Å². The van der Waals surface area contributed by atoms with E-state index in [0.717, 1.165) is 0 Å². The Hall–Kier alpha value is -2.16. The summed E-state index contributed by atoms with van der Waals surface area (Å²) < 4.78 is 27.1. The molecule has 0 N–H and O–H groups in total. The van der Waals surface area contributed by atoms with Gasteiger partial charge in [0.25, 0.3) is 5.69 Å². The number of anilines is 1. The number of piperazine rings is 1. The molecule has 0 unspecified atom stereocenters. The van der Waals surface area contributed by atoms with Crippen molar-refractivity contribution >= 4 is 33.0 Å². The molecule has 0 aliphatic carbocycles. The van der Waals surface area contributed by atoms with Crippen LogP contribution in [0.15, 0.2) is 53.4 Å². The molecule has 0 bridgehead atoms. The summed E-state index contributed by atoms with van der Waals surface area (Å²) in [5.41, 5.74) is 0.256. The number of para-hydroxylation sites is 1. The van der Waals surface area contributed by atoms with Crippen molar-refractivity contribution in [3.05, 3.63) is 63.7 Å². The van der Waals surface area contributed by atoms with Gasteiger partial charge in [-0.15, -0.1) is 0 Å². The smallest absolute Gasteiger partial charge is 0.294 e. The third-order valence-electron chi connectivity index (χ3n) is 4.39. The molecule has 2 aromatic rings. The predicted octanol–water partition coefficient (Wildman–Crippen LogP) is 3.15. The highest BCUT2D eigenvalue weighted by molar-refractivity contribution is 7.89. The Kier molecular flexibility index (Phi) is 5.17. The van der Waals surface area contributed by atoms with Gasteiger partial charge in [0.1, 0.15) is 5.69 Å². The lowest BCUT2D eigenvalue weighted by molar-refractivity contribution is -0.384. The Balaban J connectivity index is 1.88. The third kappa shape index (κ3) is 3.40. The van der Waals surface area contributed by atoms with E-state index in [1.165, 1.54) is 16.4 Å². The van der Waals surface area contributed by atoms with Gasteiger partial charge in [0, 0.05) is 31.7 Å². The van der Waals surface area contributed by atoms with E-state index in [0.29, 0.717) is 18.8 Å². The average Bonchev–Trinajstić information content (AvgIpc) is 2.61. The van der Waals surface area contributed by atoms with Gasteiger partial charge in [-0.05, 0) is 25.1 Å². The fraction of sp³-hybridized carbons (Fsp3) is 0.294. The minimum atomic E-state index is -3.61. The third-order valence-corrected chi connectivity index (χ3v) is 6.73. The zero-order valence-corrected chi connectivity index (χ0v) is 15.7. The molecule has 1 aliphatic rings. The van der Waals surface area contributed by atoms with Crippen LogP contribution in [0.2, 0.25) is 5.02 Å². The Morgan fingerprint density at radius 2 is 1.81 bits per heavy atom. The maximum absolute atomic E-state index is 12.9. The number of hydrogen-bond acceptors (Lipinski definition) is 5. The van der Waals surface area contributed by atoms with Gasteiger partial charge >= 0.3 is 0 Å². The number of nitrogens with zero attached hydrogens (tertiary/aromatic N) is 3. The lowest BCUT2D eigenvalue weighted by atomic mass is 10.2. The topological polar surface area (TPSA) is 83.8 Å². The monoisotopic (exact) mass is 395 g/mol. The molecule has 9 heteroatoms. The summed E-state index contributed by atoms with van der Waals surface area (Å²) >= 11 is 6.20. The van der Waals surface area contributed by atoms with Gasteiger partial charge in [-0.25, -0.2) is 8.42 Å². The van der Waals surface area contributed by atoms with Gasteiger partial charge in [0.2, 0.25) is 10.0 Å². The van der Waals surface area contributed by atoms with Gasteiger partial charge in [-0.1, -0.05) is 35.9 Å². The van der Waals surface area contributed by atoms with Crippen LogP contribution in [0.25, 0.3) is 0 Å². The molecular weight excluding hydrogens is 378 g/mol. The second-order valence-corrected chi connectivity index (χ2v) is 8.39. The lowest BCUT2D eigenvalue weighted by Crippen LogP contribution is -2.54. The molecule has 0 saturated carbocycles. The van der Waals surface area contributed by atoms with Crippen LogP contribution in [0.3, 0.4) is 0 Å². The normalized spacial score (nSPS) is 18.7. The maximum atomic E-state index is 12.9. The van der Waals surface area contributed by atoms with Crippen LogP contribution < -0.4 is 4.90 Å². The molecule has 1 heterocycles. The van der Waals surface area contributed by atoms with E-state index in [1.807, 2.05) is 0 Å². The molecule has 0 radical (unpaired) electrons. The molecule has 0 spiro atoms. The predicted molar refractivity (Wildman–Crippen MR) is 100 cm³/mol. The summed E-state index contributed by atoms with van der Waals surface area (Å²) in [6, 6.07) is 12.4. The molecule has 1 atom stereocenters. The van der Waals surface area contributed by atoms with Gasteiger partial charge in [-0.2, -0.15) is 4.31 Å². The molecular formula is C17H18ClN3O4S. The van der Waals surface area contributed by atoms with Gasteiger partial charge in [-0.3, -0.25) is 10.1 Å². The Bertz CT molecular complexity index is 921. The zero-order chi connectivity index (χ0) is 18.9. The van der Waals surface area contributed by atoms with Crippen LogP contribution in [-0.2, 0) is 10.0 Å². The number of halogens is 1. The van der Waals surface area contributed by atoms with Crippen LogP contribution in [-0.4, -0.2) is 43.3 Å². The summed E-state index contributed by atoms with van der Waals surface area (Å²) in [6.07, 6.45) is 0. The summed E-state index contributed by atoms with van der Waals surface area (Å²) in [4.78, 5) is 12.9. The summed E-state index contributed by atoms with van der Waals surface area (Å²) in [5.74, 6) is 0. The highest BCUT2D eigenvalue weighted by Gasteiger charge is 2.35. The Labute approximate surface area is 157 Å². The number of benzene rings is 2. The van der Waals surface area contributed by atoms with E-state index in [2.05, 4.69) is 0 Å². The SMILES string of the molecule is C[C@H]1CN(c2c(Cl)cccc2[N+](=O)[O-])CCN1S(=O)(=O)c1ccccc1. The van der Waals surface area contributed by atoms with Crippen molar-refractivity contribution in [2.45, 2.75) is 17.9 Å². The van der Waals surface area contributed by atoms with E-state index in [-0.39, 0.29) is 28.2 Å². The highest BCUT2D eigenvalue weighted by atomic mass is 35.5. The first-order valence-corrected chi connectivity index (χ1v) is 9.89. The van der Waals surface area contributed by atoms with Crippen molar-refractivity contribution < 1.29 is 13.3 Å². The van der Waals surface area contributed by atoms with Crippen molar-refractivity contribution in [1.82, 2.24) is 4.31 Å². The standard InChI is InChI=1S/C17H18ClN3O4S/c1-13-12-19(17-15(18)8-5-9-16(17)21(22)23)10-11-20(13)26(24,25)14-6-3-2-4-7-14/h2-9,13H,10-12H2,1H3/t13-/m0/s1. The molecule has 7 nitrogen and oxygen atoms in total. The molecule has 138 valence electrons. The molecule has 1 saturated heterocycles. The van der Waals surface area contributed by atoms with Crippen LogP contribution >= 0.6 is 11.6 Å². The van der Waals surface area contributed by atoms with Crippen LogP contribution in [0, 0.1) is 10.1 Å².